The summed E-state index contributed by atoms with van der Waals surface area (Å²) in [4.78, 5) is 0. The van der Waals surface area contributed by atoms with Crippen LogP contribution in [0.4, 0.5) is 5.69 Å². The molecule has 1 atom stereocenters. The van der Waals surface area contributed by atoms with E-state index in [-0.39, 0.29) is 6.04 Å². The highest BCUT2D eigenvalue weighted by Crippen LogP contribution is 2.41. The number of anilines is 1. The van der Waals surface area contributed by atoms with Crippen LogP contribution in [-0.2, 0) is 6.42 Å². The molecule has 3 rings (SSSR count). The molecule has 2 N–H and O–H groups in total. The Morgan fingerprint density at radius 2 is 2.05 bits per heavy atom. The Bertz CT molecular complexity index is 637. The Labute approximate surface area is 130 Å². The van der Waals surface area contributed by atoms with Gasteiger partial charge in [0, 0.05) is 6.04 Å². The largest absolute Gasteiger partial charge is 0.508 e. The molecule has 2 aromatic rings. The fourth-order valence-corrected chi connectivity index (χ4v) is 2.92. The van der Waals surface area contributed by atoms with Crippen LogP contribution in [0.2, 0.25) is 5.02 Å². The third-order valence-electron chi connectivity index (χ3n) is 3.90. The summed E-state index contributed by atoms with van der Waals surface area (Å²) < 4.78 is 0. The van der Waals surface area contributed by atoms with Crippen LogP contribution in [0.3, 0.4) is 0 Å². The highest BCUT2D eigenvalue weighted by Gasteiger charge is 2.23. The third-order valence-corrected chi connectivity index (χ3v) is 4.21. The first-order valence-corrected chi connectivity index (χ1v) is 7.83. The van der Waals surface area contributed by atoms with Gasteiger partial charge in [-0.05, 0) is 67.5 Å². The Morgan fingerprint density at radius 1 is 1.24 bits per heavy atom. The van der Waals surface area contributed by atoms with Crippen LogP contribution < -0.4 is 5.32 Å². The number of hydrogen-bond acceptors (Lipinski definition) is 2. The Kier molecular flexibility index (Phi) is 4.07. The van der Waals surface area contributed by atoms with Gasteiger partial charge in [0.25, 0.3) is 0 Å². The lowest BCUT2D eigenvalue weighted by molar-refractivity contribution is 0.474. The summed E-state index contributed by atoms with van der Waals surface area (Å²) in [5.74, 6) is 1.03. The van der Waals surface area contributed by atoms with Gasteiger partial charge in [-0.1, -0.05) is 29.8 Å². The number of phenols is 1. The number of phenolic OH excluding ortho intramolecular Hbond substituents is 1. The van der Waals surface area contributed by atoms with E-state index in [0.717, 1.165) is 28.6 Å². The van der Waals surface area contributed by atoms with Gasteiger partial charge in [-0.15, -0.1) is 0 Å². The summed E-state index contributed by atoms with van der Waals surface area (Å²) in [6, 6.07) is 14.0. The lowest BCUT2D eigenvalue weighted by atomic mass is 10.1. The zero-order valence-electron chi connectivity index (χ0n) is 12.1. The number of nitrogens with one attached hydrogen (secondary N) is 1. The van der Waals surface area contributed by atoms with Crippen molar-refractivity contribution in [2.75, 3.05) is 5.32 Å². The minimum absolute atomic E-state index is 0.246. The van der Waals surface area contributed by atoms with Crippen molar-refractivity contribution in [1.29, 1.82) is 0 Å². The van der Waals surface area contributed by atoms with E-state index in [1.54, 1.807) is 12.1 Å². The number of aromatic hydroxyl groups is 1. The van der Waals surface area contributed by atoms with E-state index in [9.17, 15) is 5.11 Å². The van der Waals surface area contributed by atoms with Gasteiger partial charge in [0.05, 0.1) is 10.7 Å². The van der Waals surface area contributed by atoms with Gasteiger partial charge in [-0.2, -0.15) is 0 Å². The lowest BCUT2D eigenvalue weighted by Gasteiger charge is -2.17. The third kappa shape index (κ3) is 3.70. The normalized spacial score (nSPS) is 15.7. The van der Waals surface area contributed by atoms with Gasteiger partial charge in [0.2, 0.25) is 0 Å². The van der Waals surface area contributed by atoms with Crippen LogP contribution in [-0.4, -0.2) is 11.1 Å². The molecule has 2 aromatic carbocycles. The van der Waals surface area contributed by atoms with E-state index in [1.807, 2.05) is 12.1 Å². The topological polar surface area (TPSA) is 32.3 Å². The molecule has 1 aliphatic carbocycles. The highest BCUT2D eigenvalue weighted by molar-refractivity contribution is 6.33. The molecule has 2 nitrogen and oxygen atoms in total. The number of halogens is 1. The molecule has 0 radical (unpaired) electrons. The summed E-state index contributed by atoms with van der Waals surface area (Å²) in [7, 11) is 0. The molecule has 1 saturated carbocycles. The van der Waals surface area contributed by atoms with Crippen LogP contribution in [0.1, 0.15) is 36.8 Å². The molecule has 0 aliphatic heterocycles. The predicted molar refractivity (Wildman–Crippen MR) is 88.3 cm³/mol. The first-order valence-electron chi connectivity index (χ1n) is 7.45. The van der Waals surface area contributed by atoms with Crippen LogP contribution in [0.5, 0.6) is 5.75 Å². The Hall–Kier alpha value is -1.67. The second-order valence-electron chi connectivity index (χ2n) is 5.93. The summed E-state index contributed by atoms with van der Waals surface area (Å²) in [6.45, 7) is 2.12. The molecule has 3 heteroatoms. The standard InChI is InChI=1S/C18H20ClNO/c1-12(9-13-3-2-4-16(21)10-13)20-18-8-7-15(11-17(18)19)14-5-6-14/h2-4,7-8,10-12,14,20-21H,5-6,9H2,1H3. The van der Waals surface area contributed by atoms with Crippen LogP contribution >= 0.6 is 11.6 Å². The first-order chi connectivity index (χ1) is 10.1. The van der Waals surface area contributed by atoms with Crippen molar-refractivity contribution in [3.8, 4) is 5.75 Å². The maximum atomic E-state index is 9.51. The molecule has 0 aromatic heterocycles. The molecule has 0 amide bonds. The average molecular weight is 302 g/mol. The van der Waals surface area contributed by atoms with Crippen molar-refractivity contribution in [3.63, 3.8) is 0 Å². The number of hydrogen-bond donors (Lipinski definition) is 2. The molecule has 21 heavy (non-hydrogen) atoms. The van der Waals surface area contributed by atoms with Gasteiger partial charge in [0.1, 0.15) is 5.75 Å². The van der Waals surface area contributed by atoms with Crippen molar-refractivity contribution >= 4 is 17.3 Å². The molecule has 110 valence electrons. The van der Waals surface area contributed by atoms with E-state index < -0.39 is 0 Å². The Morgan fingerprint density at radius 3 is 2.71 bits per heavy atom. The van der Waals surface area contributed by atoms with Gasteiger partial charge in [-0.3, -0.25) is 0 Å². The fraction of sp³-hybridized carbons (Fsp3) is 0.333. The molecule has 0 heterocycles. The monoisotopic (exact) mass is 301 g/mol. The smallest absolute Gasteiger partial charge is 0.115 e. The molecule has 1 fully saturated rings. The molecule has 0 saturated heterocycles. The van der Waals surface area contributed by atoms with Crippen LogP contribution in [0.15, 0.2) is 42.5 Å². The summed E-state index contributed by atoms with van der Waals surface area (Å²) in [5, 5.41) is 13.8. The fourth-order valence-electron chi connectivity index (χ4n) is 2.67. The molecular weight excluding hydrogens is 282 g/mol. The molecule has 0 spiro atoms. The minimum atomic E-state index is 0.246. The quantitative estimate of drug-likeness (QED) is 0.817. The van der Waals surface area contributed by atoms with Crippen molar-refractivity contribution in [3.05, 3.63) is 58.6 Å². The summed E-state index contributed by atoms with van der Waals surface area (Å²) in [5.41, 5.74) is 3.45. The van der Waals surface area contributed by atoms with E-state index in [4.69, 9.17) is 11.6 Å². The average Bonchev–Trinajstić information content (AvgIpc) is 3.25. The van der Waals surface area contributed by atoms with Gasteiger partial charge in [-0.25, -0.2) is 0 Å². The first kappa shape index (κ1) is 14.3. The van der Waals surface area contributed by atoms with Crippen molar-refractivity contribution in [1.82, 2.24) is 0 Å². The number of rotatable bonds is 5. The van der Waals surface area contributed by atoms with Crippen molar-refractivity contribution < 1.29 is 5.11 Å². The molecule has 1 aliphatic rings. The summed E-state index contributed by atoms with van der Waals surface area (Å²) >= 11 is 6.37. The van der Waals surface area contributed by atoms with Crippen molar-refractivity contribution in [2.24, 2.45) is 0 Å². The lowest BCUT2D eigenvalue weighted by Crippen LogP contribution is -2.18. The molecule has 1 unspecified atom stereocenters. The molecule has 0 bridgehead atoms. The zero-order valence-corrected chi connectivity index (χ0v) is 12.9. The summed E-state index contributed by atoms with van der Waals surface area (Å²) in [6.07, 6.45) is 3.42. The minimum Gasteiger partial charge on any atom is -0.508 e. The van der Waals surface area contributed by atoms with E-state index >= 15 is 0 Å². The van der Waals surface area contributed by atoms with Gasteiger partial charge >= 0.3 is 0 Å². The zero-order chi connectivity index (χ0) is 14.8. The highest BCUT2D eigenvalue weighted by atomic mass is 35.5. The second kappa shape index (κ2) is 5.98. The van der Waals surface area contributed by atoms with E-state index in [0.29, 0.717) is 5.75 Å². The molecular formula is C18H20ClNO. The van der Waals surface area contributed by atoms with E-state index in [1.165, 1.54) is 18.4 Å². The predicted octanol–water partition coefficient (Wildman–Crippen LogP) is 4.97. The van der Waals surface area contributed by atoms with Crippen LogP contribution in [0.25, 0.3) is 0 Å². The van der Waals surface area contributed by atoms with Gasteiger partial charge < -0.3 is 10.4 Å². The van der Waals surface area contributed by atoms with Crippen LogP contribution in [0, 0.1) is 0 Å². The van der Waals surface area contributed by atoms with Crippen molar-refractivity contribution in [2.45, 2.75) is 38.1 Å². The maximum absolute atomic E-state index is 9.51. The second-order valence-corrected chi connectivity index (χ2v) is 6.34. The Balaban J connectivity index is 1.65. The van der Waals surface area contributed by atoms with E-state index in [2.05, 4.69) is 30.4 Å². The maximum Gasteiger partial charge on any atom is 0.115 e. The number of benzene rings is 2. The van der Waals surface area contributed by atoms with Gasteiger partial charge in [0.15, 0.2) is 0 Å². The SMILES string of the molecule is CC(Cc1cccc(O)c1)Nc1ccc(C2CC2)cc1Cl.